The lowest BCUT2D eigenvalue weighted by Crippen LogP contribution is -2.43. The molecule has 92 valence electrons. The van der Waals surface area contributed by atoms with Gasteiger partial charge >= 0.3 is 0 Å². The summed E-state index contributed by atoms with van der Waals surface area (Å²) >= 11 is 0. The van der Waals surface area contributed by atoms with Crippen LogP contribution in [0.15, 0.2) is 42.6 Å². The fourth-order valence-electron chi connectivity index (χ4n) is 2.44. The molecule has 3 rings (SSSR count). The number of hydrazine groups is 1. The van der Waals surface area contributed by atoms with Crippen molar-refractivity contribution < 1.29 is 0 Å². The van der Waals surface area contributed by atoms with E-state index in [1.807, 2.05) is 18.2 Å². The van der Waals surface area contributed by atoms with E-state index in [4.69, 9.17) is 5.84 Å². The van der Waals surface area contributed by atoms with E-state index in [9.17, 15) is 0 Å². The smallest absolute Gasteiger partial charge is 0.168 e. The number of fused-ring (bicyclic) bond motifs is 1. The Hall–Kier alpha value is -2.07. The fraction of sp³-hybridized carbons (Fsp3) is 0.214. The molecule has 18 heavy (non-hydrogen) atoms. The molecule has 0 bridgehead atoms. The van der Waals surface area contributed by atoms with E-state index in [0.717, 1.165) is 11.5 Å². The minimum Gasteiger partial charge on any atom is -0.316 e. The summed E-state index contributed by atoms with van der Waals surface area (Å²) in [6, 6.07) is 12.3. The monoisotopic (exact) mass is 240 g/mol. The maximum absolute atomic E-state index is 6.10. The van der Waals surface area contributed by atoms with Crippen molar-refractivity contribution in [2.45, 2.75) is 20.0 Å². The van der Waals surface area contributed by atoms with Crippen LogP contribution in [0, 0.1) is 6.92 Å². The third kappa shape index (κ3) is 1.46. The van der Waals surface area contributed by atoms with Crippen molar-refractivity contribution in [2.75, 3.05) is 9.91 Å². The quantitative estimate of drug-likeness (QED) is 0.778. The summed E-state index contributed by atoms with van der Waals surface area (Å²) in [6.45, 7) is 4.19. The van der Waals surface area contributed by atoms with E-state index in [1.165, 1.54) is 11.3 Å². The van der Waals surface area contributed by atoms with E-state index in [0.29, 0.717) is 0 Å². The van der Waals surface area contributed by atoms with Gasteiger partial charge in [-0.2, -0.15) is 0 Å². The number of hydrogen-bond donors (Lipinski definition) is 1. The lowest BCUT2D eigenvalue weighted by atomic mass is 10.1. The van der Waals surface area contributed by atoms with Gasteiger partial charge in [0.15, 0.2) is 5.82 Å². The SMILES string of the molecule is Cc1ccccc1N1c2cccnc2N(N)C1C. The highest BCUT2D eigenvalue weighted by Gasteiger charge is 2.33. The van der Waals surface area contributed by atoms with Gasteiger partial charge in [0, 0.05) is 11.9 Å². The Kier molecular flexibility index (Phi) is 2.45. The molecule has 0 radical (unpaired) electrons. The van der Waals surface area contributed by atoms with Crippen molar-refractivity contribution >= 4 is 17.2 Å². The molecule has 0 amide bonds. The lowest BCUT2D eigenvalue weighted by Gasteiger charge is -2.27. The Labute approximate surface area is 107 Å². The number of nitrogens with two attached hydrogens (primary N) is 1. The molecule has 2 N–H and O–H groups in total. The molecule has 0 spiro atoms. The standard InChI is InChI=1S/C14H16N4/c1-10-6-3-4-7-12(10)17-11(2)18(15)14-13(17)8-5-9-16-14/h3-9,11H,15H2,1-2H3. The summed E-state index contributed by atoms with van der Waals surface area (Å²) in [5.74, 6) is 6.92. The van der Waals surface area contributed by atoms with Crippen molar-refractivity contribution in [2.24, 2.45) is 5.84 Å². The number of aryl methyl sites for hydroxylation is 1. The van der Waals surface area contributed by atoms with Gasteiger partial charge in [-0.15, -0.1) is 0 Å². The van der Waals surface area contributed by atoms with Gasteiger partial charge in [0.25, 0.3) is 0 Å². The topological polar surface area (TPSA) is 45.4 Å². The number of pyridine rings is 1. The zero-order valence-electron chi connectivity index (χ0n) is 10.5. The Morgan fingerprint density at radius 2 is 1.83 bits per heavy atom. The van der Waals surface area contributed by atoms with Crippen LogP contribution in [0.3, 0.4) is 0 Å². The molecule has 4 nitrogen and oxygen atoms in total. The molecule has 4 heteroatoms. The first-order chi connectivity index (χ1) is 8.70. The first-order valence-electron chi connectivity index (χ1n) is 6.04. The van der Waals surface area contributed by atoms with E-state index >= 15 is 0 Å². The number of anilines is 3. The van der Waals surface area contributed by atoms with E-state index in [2.05, 4.69) is 41.9 Å². The molecule has 1 aliphatic rings. The third-order valence-electron chi connectivity index (χ3n) is 3.42. The predicted octanol–water partition coefficient (Wildman–Crippen LogP) is 2.57. The summed E-state index contributed by atoms with van der Waals surface area (Å²) in [5.41, 5.74) is 3.46. The molecule has 1 atom stereocenters. The van der Waals surface area contributed by atoms with Crippen molar-refractivity contribution in [3.63, 3.8) is 0 Å². The van der Waals surface area contributed by atoms with Gasteiger partial charge in [-0.25, -0.2) is 10.8 Å². The van der Waals surface area contributed by atoms with Crippen molar-refractivity contribution in [1.82, 2.24) is 4.98 Å². The van der Waals surface area contributed by atoms with E-state index < -0.39 is 0 Å². The maximum atomic E-state index is 6.10. The van der Waals surface area contributed by atoms with Gasteiger partial charge in [0.2, 0.25) is 0 Å². The summed E-state index contributed by atoms with van der Waals surface area (Å²) in [7, 11) is 0. The van der Waals surface area contributed by atoms with Crippen LogP contribution in [0.2, 0.25) is 0 Å². The molecule has 0 aliphatic carbocycles. The highest BCUT2D eigenvalue weighted by molar-refractivity contribution is 5.81. The van der Waals surface area contributed by atoms with E-state index in [1.54, 1.807) is 11.2 Å². The first kappa shape index (κ1) is 11.0. The minimum atomic E-state index is 0.0657. The van der Waals surface area contributed by atoms with Gasteiger partial charge in [-0.3, -0.25) is 5.01 Å². The molecule has 2 aromatic rings. The average Bonchev–Trinajstić information content (AvgIpc) is 2.64. The van der Waals surface area contributed by atoms with Crippen LogP contribution < -0.4 is 15.8 Å². The lowest BCUT2D eigenvalue weighted by molar-refractivity contribution is 0.692. The summed E-state index contributed by atoms with van der Waals surface area (Å²) in [5, 5.41) is 1.71. The van der Waals surface area contributed by atoms with Gasteiger partial charge in [0.1, 0.15) is 6.17 Å². The molecular weight excluding hydrogens is 224 g/mol. The Morgan fingerprint density at radius 3 is 2.61 bits per heavy atom. The van der Waals surface area contributed by atoms with Crippen LogP contribution in [0.25, 0.3) is 0 Å². The highest BCUT2D eigenvalue weighted by Crippen LogP contribution is 2.41. The van der Waals surface area contributed by atoms with Crippen molar-refractivity contribution in [3.05, 3.63) is 48.2 Å². The third-order valence-corrected chi connectivity index (χ3v) is 3.42. The summed E-state index contributed by atoms with van der Waals surface area (Å²) in [6.07, 6.45) is 1.84. The molecule has 1 aliphatic heterocycles. The summed E-state index contributed by atoms with van der Waals surface area (Å²) in [4.78, 5) is 6.58. The zero-order valence-corrected chi connectivity index (χ0v) is 10.5. The Morgan fingerprint density at radius 1 is 1.11 bits per heavy atom. The van der Waals surface area contributed by atoms with Gasteiger partial charge < -0.3 is 4.90 Å². The van der Waals surface area contributed by atoms with Crippen LogP contribution in [0.5, 0.6) is 0 Å². The van der Waals surface area contributed by atoms with Crippen LogP contribution in [-0.2, 0) is 0 Å². The first-order valence-corrected chi connectivity index (χ1v) is 6.04. The predicted molar refractivity (Wildman–Crippen MR) is 73.7 cm³/mol. The molecule has 1 unspecified atom stereocenters. The molecule has 1 aromatic heterocycles. The second-order valence-electron chi connectivity index (χ2n) is 4.54. The number of nitrogens with zero attached hydrogens (tertiary/aromatic N) is 3. The normalized spacial score (nSPS) is 18.1. The summed E-state index contributed by atoms with van der Waals surface area (Å²) < 4.78 is 0. The van der Waals surface area contributed by atoms with Crippen LogP contribution in [0.1, 0.15) is 12.5 Å². The molecule has 0 saturated heterocycles. The Balaban J connectivity index is 2.16. The second kappa shape index (κ2) is 3.99. The molecule has 2 heterocycles. The van der Waals surface area contributed by atoms with Crippen LogP contribution in [0.4, 0.5) is 17.2 Å². The molecular formula is C14H16N4. The van der Waals surface area contributed by atoms with Crippen molar-refractivity contribution in [3.8, 4) is 0 Å². The molecule has 0 saturated carbocycles. The molecule has 0 fully saturated rings. The van der Waals surface area contributed by atoms with Crippen LogP contribution in [-0.4, -0.2) is 11.1 Å². The molecule has 1 aromatic carbocycles. The van der Waals surface area contributed by atoms with E-state index in [-0.39, 0.29) is 6.17 Å². The van der Waals surface area contributed by atoms with Gasteiger partial charge in [0.05, 0.1) is 5.69 Å². The zero-order chi connectivity index (χ0) is 12.7. The highest BCUT2D eigenvalue weighted by atomic mass is 15.6. The Bertz CT molecular complexity index is 582. The van der Waals surface area contributed by atoms with Gasteiger partial charge in [-0.05, 0) is 37.6 Å². The number of hydrogen-bond acceptors (Lipinski definition) is 4. The number of aromatic nitrogens is 1. The van der Waals surface area contributed by atoms with Gasteiger partial charge in [-0.1, -0.05) is 18.2 Å². The second-order valence-corrected chi connectivity index (χ2v) is 4.54. The number of benzene rings is 1. The van der Waals surface area contributed by atoms with Crippen LogP contribution >= 0.6 is 0 Å². The van der Waals surface area contributed by atoms with Crippen molar-refractivity contribution in [1.29, 1.82) is 0 Å². The average molecular weight is 240 g/mol. The maximum Gasteiger partial charge on any atom is 0.168 e. The number of para-hydroxylation sites is 1. The minimum absolute atomic E-state index is 0.0657. The largest absolute Gasteiger partial charge is 0.316 e. The fourth-order valence-corrected chi connectivity index (χ4v) is 2.44. The number of rotatable bonds is 1.